The van der Waals surface area contributed by atoms with Gasteiger partial charge in [-0.1, -0.05) is 61.4 Å². The first-order valence-corrected chi connectivity index (χ1v) is 23.1. The van der Waals surface area contributed by atoms with Crippen molar-refractivity contribution in [3.8, 4) is 0 Å². The van der Waals surface area contributed by atoms with Crippen molar-refractivity contribution in [3.05, 3.63) is 71.9 Å². The van der Waals surface area contributed by atoms with E-state index in [4.69, 9.17) is 28.7 Å². The molecule has 15 N–H and O–H groups in total. The first-order valence-electron chi connectivity index (χ1n) is 23.1. The number of benzene rings is 2. The Kier molecular flexibility index (Phi) is 15.4. The third-order valence-corrected chi connectivity index (χ3v) is 13.3. The highest BCUT2D eigenvalue weighted by atomic mass is 16.2. The highest BCUT2D eigenvalue weighted by Crippen LogP contribution is 2.41. The van der Waals surface area contributed by atoms with E-state index in [1.165, 1.54) is 4.90 Å². The predicted octanol–water partition coefficient (Wildman–Crippen LogP) is -0.899. The van der Waals surface area contributed by atoms with Crippen molar-refractivity contribution in [2.45, 2.75) is 125 Å². The van der Waals surface area contributed by atoms with Crippen LogP contribution in [0.3, 0.4) is 0 Å². The van der Waals surface area contributed by atoms with Crippen molar-refractivity contribution in [2.75, 3.05) is 19.6 Å². The zero-order valence-electron chi connectivity index (χ0n) is 37.2. The monoisotopic (exact) mass is 909 g/mol. The molecule has 4 aliphatic rings. The van der Waals surface area contributed by atoms with E-state index < -0.39 is 77.7 Å². The zero-order chi connectivity index (χ0) is 46.9. The topological polar surface area (TPSA) is 328 Å². The fraction of sp³-hybridized carbons (Fsp3) is 0.522. The summed E-state index contributed by atoms with van der Waals surface area (Å²) in [5.41, 5.74) is 31.2. The fourth-order valence-electron chi connectivity index (χ4n) is 10.1. The highest BCUT2D eigenvalue weighted by Gasteiger charge is 2.52. The summed E-state index contributed by atoms with van der Waals surface area (Å²) in [6, 6.07) is 8.94. The van der Waals surface area contributed by atoms with E-state index in [0.29, 0.717) is 24.8 Å². The maximum Gasteiger partial charge on any atom is 0.246 e. The Morgan fingerprint density at radius 1 is 0.636 bits per heavy atom. The van der Waals surface area contributed by atoms with Crippen LogP contribution in [0.25, 0.3) is 10.9 Å². The van der Waals surface area contributed by atoms with Crippen molar-refractivity contribution in [1.29, 1.82) is 0 Å². The Morgan fingerprint density at radius 3 is 1.92 bits per heavy atom. The van der Waals surface area contributed by atoms with Crippen LogP contribution in [0, 0.1) is 5.92 Å². The SMILES string of the molecule is NC(N)=NCCC[C@@H]1NC(=O)[C@@H]2C[C@@H]3CCCC[C@@H]3N2C(=O)[C@H]2C[C@@H](N)CN2C(=O)[C@H](CCCN=C(N)N)NC(=O)[C@H](Cc2c[nH]c3ccccc23)NC(=O)[C@@H](Cc2ccccc2)NC1=O. The van der Waals surface area contributed by atoms with Crippen LogP contribution < -0.4 is 49.9 Å². The molecule has 2 aromatic carbocycles. The van der Waals surface area contributed by atoms with Gasteiger partial charge < -0.3 is 64.7 Å². The number of hydrogen-bond donors (Lipinski definition) is 10. The molecular weight excluding hydrogens is 845 g/mol. The van der Waals surface area contributed by atoms with Gasteiger partial charge in [-0.25, -0.2) is 0 Å². The van der Waals surface area contributed by atoms with Crippen molar-refractivity contribution < 1.29 is 28.8 Å². The third kappa shape index (κ3) is 11.4. The summed E-state index contributed by atoms with van der Waals surface area (Å²) in [4.78, 5) is 103. The smallest absolute Gasteiger partial charge is 0.246 e. The normalized spacial score (nSPS) is 27.6. The summed E-state index contributed by atoms with van der Waals surface area (Å²) >= 11 is 0. The first kappa shape index (κ1) is 47.3. The molecule has 1 aromatic heterocycles. The van der Waals surface area contributed by atoms with Crippen molar-refractivity contribution in [3.63, 3.8) is 0 Å². The van der Waals surface area contributed by atoms with Crippen LogP contribution in [-0.4, -0.2) is 130 Å². The lowest BCUT2D eigenvalue weighted by Crippen LogP contribution is -2.62. The lowest BCUT2D eigenvalue weighted by Gasteiger charge is -2.38. The minimum Gasteiger partial charge on any atom is -0.370 e. The maximum absolute atomic E-state index is 15.1. The Labute approximate surface area is 383 Å². The number of H-pyrrole nitrogens is 1. The maximum atomic E-state index is 15.1. The molecule has 0 bridgehead atoms. The molecule has 66 heavy (non-hydrogen) atoms. The van der Waals surface area contributed by atoms with Crippen molar-refractivity contribution in [2.24, 2.45) is 44.6 Å². The molecule has 0 unspecified atom stereocenters. The number of aliphatic imine (C=N–C) groups is 2. The second kappa shape index (κ2) is 21.5. The number of amides is 6. The van der Waals surface area contributed by atoms with Crippen LogP contribution in [-0.2, 0) is 41.6 Å². The molecule has 0 radical (unpaired) electrons. The molecule has 6 amide bonds. The number of guanidine groups is 2. The quantitative estimate of drug-likeness (QED) is 0.0603. The van der Waals surface area contributed by atoms with Crippen LogP contribution in [0.2, 0.25) is 0 Å². The Morgan fingerprint density at radius 2 is 1.23 bits per heavy atom. The van der Waals surface area contributed by atoms with Crippen LogP contribution >= 0.6 is 0 Å². The number of carbonyl (C=O) groups excluding carboxylic acids is 6. The van der Waals surface area contributed by atoms with Crippen LogP contribution in [0.1, 0.15) is 75.3 Å². The number of rotatable bonds is 12. The molecule has 1 aliphatic carbocycles. The first-order chi connectivity index (χ1) is 31.8. The molecular formula is C46H64N14O6. The summed E-state index contributed by atoms with van der Waals surface area (Å²) < 4.78 is 0. The molecule has 20 nitrogen and oxygen atoms in total. The second-order valence-electron chi connectivity index (χ2n) is 18.0. The van der Waals surface area contributed by atoms with Gasteiger partial charge in [0.15, 0.2) is 11.9 Å². The molecule has 20 heteroatoms. The molecule has 1 saturated carbocycles. The number of nitrogens with one attached hydrogen (secondary N) is 5. The van der Waals surface area contributed by atoms with E-state index in [-0.39, 0.29) is 82.0 Å². The summed E-state index contributed by atoms with van der Waals surface area (Å²) in [5.74, 6) is -3.67. The molecule has 3 saturated heterocycles. The number of fused-ring (bicyclic) bond motifs is 5. The minimum atomic E-state index is -1.26. The third-order valence-electron chi connectivity index (χ3n) is 13.3. The molecule has 3 aliphatic heterocycles. The Balaban J connectivity index is 1.30. The van der Waals surface area contributed by atoms with Gasteiger partial charge in [0.25, 0.3) is 0 Å². The lowest BCUT2D eigenvalue weighted by atomic mass is 9.84. The van der Waals surface area contributed by atoms with Crippen LogP contribution in [0.4, 0.5) is 0 Å². The van der Waals surface area contributed by atoms with Gasteiger partial charge in [0, 0.05) is 61.7 Å². The van der Waals surface area contributed by atoms with Gasteiger partial charge in [-0.3, -0.25) is 38.8 Å². The fourth-order valence-corrected chi connectivity index (χ4v) is 10.1. The number of nitrogens with zero attached hydrogens (tertiary/aromatic N) is 4. The number of nitrogens with two attached hydrogens (primary N) is 5. The summed E-state index contributed by atoms with van der Waals surface area (Å²) in [6.07, 6.45) is 6.34. The highest BCUT2D eigenvalue weighted by molar-refractivity contribution is 5.99. The lowest BCUT2D eigenvalue weighted by molar-refractivity contribution is -0.150. The molecule has 0 spiro atoms. The second-order valence-corrected chi connectivity index (χ2v) is 18.0. The van der Waals surface area contributed by atoms with E-state index in [2.05, 4.69) is 36.2 Å². The van der Waals surface area contributed by atoms with Gasteiger partial charge in [0.05, 0.1) is 0 Å². The van der Waals surface area contributed by atoms with Gasteiger partial charge in [-0.2, -0.15) is 0 Å². The summed E-state index contributed by atoms with van der Waals surface area (Å²) in [6.45, 7) is 0.353. The van der Waals surface area contributed by atoms with E-state index in [0.717, 1.165) is 35.7 Å². The van der Waals surface area contributed by atoms with Crippen molar-refractivity contribution in [1.82, 2.24) is 36.1 Å². The average molecular weight is 909 g/mol. The minimum absolute atomic E-state index is 0.000573. The standard InChI is InChI=1S/C46H64N14O6/c47-29-23-38-44(66)60-36-17-7-4-12-27(36)22-37(60)42(64)55-32(15-8-18-52-45(48)49)39(61)57-34(20-26-10-2-1-3-11-26)40(62)58-35(21-28-24-54-31-14-6-5-13-30(28)31)41(63)56-33(43(65)59(38)25-29)16-9-19-53-46(50)51/h1-3,5-6,10-11,13-14,24,27,29,32-38,54H,4,7-9,12,15-23,25,47H2,(H,55,64)(H,56,63)(H,57,61)(H,58,62)(H4,48,49,52)(H4,50,51,53)/t27-,29+,32-,33-,34+,35-,36-,37-,38+/m0/s1. The molecule has 9 atom stereocenters. The average Bonchev–Trinajstić information content (AvgIpc) is 4.02. The van der Waals surface area contributed by atoms with Gasteiger partial charge in [0.2, 0.25) is 35.4 Å². The van der Waals surface area contributed by atoms with Gasteiger partial charge in [-0.05, 0) is 74.5 Å². The number of carbonyl (C=O) groups is 6. The van der Waals surface area contributed by atoms with Gasteiger partial charge in [-0.15, -0.1) is 0 Å². The molecule has 4 fully saturated rings. The van der Waals surface area contributed by atoms with E-state index in [1.54, 1.807) is 11.1 Å². The zero-order valence-corrected chi connectivity index (χ0v) is 37.2. The Hall–Kier alpha value is -6.70. The van der Waals surface area contributed by atoms with Gasteiger partial charge >= 0.3 is 0 Å². The number of aromatic nitrogens is 1. The van der Waals surface area contributed by atoms with Gasteiger partial charge in [0.1, 0.15) is 36.3 Å². The largest absolute Gasteiger partial charge is 0.370 e. The number of para-hydroxylation sites is 1. The molecule has 4 heterocycles. The van der Waals surface area contributed by atoms with Crippen LogP contribution in [0.5, 0.6) is 0 Å². The molecule has 7 rings (SSSR count). The van der Waals surface area contributed by atoms with E-state index in [9.17, 15) is 24.0 Å². The molecule has 354 valence electrons. The van der Waals surface area contributed by atoms with Crippen LogP contribution in [0.15, 0.2) is 70.8 Å². The molecule has 3 aromatic rings. The van der Waals surface area contributed by atoms with E-state index in [1.807, 2.05) is 54.6 Å². The summed E-state index contributed by atoms with van der Waals surface area (Å²) in [5, 5.41) is 12.5. The summed E-state index contributed by atoms with van der Waals surface area (Å²) in [7, 11) is 0. The number of hydrogen-bond acceptors (Lipinski definition) is 9. The Bertz CT molecular complexity index is 2290. The number of aromatic amines is 1. The van der Waals surface area contributed by atoms with Crippen molar-refractivity contribution >= 4 is 58.3 Å². The van der Waals surface area contributed by atoms with E-state index >= 15 is 4.79 Å². The predicted molar refractivity (Wildman–Crippen MR) is 249 cm³/mol.